The van der Waals surface area contributed by atoms with Crippen LogP contribution in [0.1, 0.15) is 33.7 Å². The van der Waals surface area contributed by atoms with Crippen molar-refractivity contribution in [1.82, 2.24) is 14.9 Å². The van der Waals surface area contributed by atoms with Crippen molar-refractivity contribution in [2.75, 3.05) is 36.8 Å². The van der Waals surface area contributed by atoms with Crippen molar-refractivity contribution in [3.63, 3.8) is 0 Å². The third-order valence-electron chi connectivity index (χ3n) is 5.64. The number of benzene rings is 2. The summed E-state index contributed by atoms with van der Waals surface area (Å²) in [5, 5.41) is 0. The summed E-state index contributed by atoms with van der Waals surface area (Å²) in [7, 11) is 0. The first-order valence-electron chi connectivity index (χ1n) is 10.6. The summed E-state index contributed by atoms with van der Waals surface area (Å²) in [4.78, 5) is 37.6. The predicted octanol–water partition coefficient (Wildman–Crippen LogP) is 2.57. The van der Waals surface area contributed by atoms with Crippen LogP contribution in [0.4, 0.5) is 11.4 Å². The van der Waals surface area contributed by atoms with Gasteiger partial charge in [-0.25, -0.2) is 4.98 Å². The number of hydrogen-bond donors (Lipinski definition) is 2. The quantitative estimate of drug-likeness (QED) is 0.556. The Morgan fingerprint density at radius 1 is 1.00 bits per heavy atom. The molecule has 1 aliphatic rings. The number of rotatable bonds is 7. The summed E-state index contributed by atoms with van der Waals surface area (Å²) in [5.41, 5.74) is 14.2. The van der Waals surface area contributed by atoms with Crippen molar-refractivity contribution in [2.24, 2.45) is 5.73 Å². The van der Waals surface area contributed by atoms with E-state index in [9.17, 15) is 9.59 Å². The molecule has 1 aliphatic heterocycles. The van der Waals surface area contributed by atoms with Crippen molar-refractivity contribution in [3.05, 3.63) is 72.2 Å². The number of carbonyl (C=O) groups excluding carboxylic acids is 2. The SMILES string of the molecule is NC(=O)c1nccnc1-c1ccc(C(=O)N(CCN2CCCC2)c2ccccc2)c(N)c1. The van der Waals surface area contributed by atoms with Crippen molar-refractivity contribution < 1.29 is 9.59 Å². The van der Waals surface area contributed by atoms with Gasteiger partial charge in [-0.05, 0) is 50.2 Å². The smallest absolute Gasteiger partial charge is 0.269 e. The number of nitrogen functional groups attached to an aromatic ring is 1. The maximum absolute atomic E-state index is 13.5. The van der Waals surface area contributed by atoms with E-state index in [0.29, 0.717) is 29.1 Å². The van der Waals surface area contributed by atoms with Crippen molar-refractivity contribution in [3.8, 4) is 11.3 Å². The molecule has 0 radical (unpaired) electrons. The number of para-hydroxylation sites is 1. The molecule has 4 rings (SSSR count). The van der Waals surface area contributed by atoms with Crippen LogP contribution in [0.15, 0.2) is 60.9 Å². The standard InChI is InChI=1S/C24H26N6O2/c25-20-16-17(21-22(23(26)31)28-11-10-27-21)8-9-19(20)24(32)30(18-6-2-1-3-7-18)15-14-29-12-4-5-13-29/h1-3,6-11,16H,4-5,12-15,25H2,(H2,26,31). The van der Waals surface area contributed by atoms with Gasteiger partial charge >= 0.3 is 0 Å². The van der Waals surface area contributed by atoms with Crippen LogP contribution in [-0.4, -0.2) is 52.9 Å². The molecule has 1 saturated heterocycles. The van der Waals surface area contributed by atoms with Gasteiger partial charge in [-0.2, -0.15) is 0 Å². The van der Waals surface area contributed by atoms with Gasteiger partial charge in [-0.3, -0.25) is 14.6 Å². The molecule has 0 bridgehead atoms. The van der Waals surface area contributed by atoms with Gasteiger partial charge in [0.05, 0.1) is 5.56 Å². The number of hydrogen-bond acceptors (Lipinski definition) is 6. The van der Waals surface area contributed by atoms with Crippen LogP contribution in [0.3, 0.4) is 0 Å². The molecule has 8 heteroatoms. The number of amides is 2. The van der Waals surface area contributed by atoms with E-state index in [-0.39, 0.29) is 11.6 Å². The van der Waals surface area contributed by atoms with E-state index in [4.69, 9.17) is 11.5 Å². The van der Waals surface area contributed by atoms with Crippen LogP contribution < -0.4 is 16.4 Å². The van der Waals surface area contributed by atoms with Gasteiger partial charge in [0.25, 0.3) is 11.8 Å². The van der Waals surface area contributed by atoms with Crippen LogP contribution in [0.2, 0.25) is 0 Å². The third-order valence-corrected chi connectivity index (χ3v) is 5.64. The molecule has 2 heterocycles. The summed E-state index contributed by atoms with van der Waals surface area (Å²) >= 11 is 0. The summed E-state index contributed by atoms with van der Waals surface area (Å²) < 4.78 is 0. The predicted molar refractivity (Wildman–Crippen MR) is 124 cm³/mol. The van der Waals surface area contributed by atoms with E-state index >= 15 is 0 Å². The molecule has 1 aromatic heterocycles. The van der Waals surface area contributed by atoms with Gasteiger partial charge < -0.3 is 21.3 Å². The van der Waals surface area contributed by atoms with E-state index in [2.05, 4.69) is 14.9 Å². The monoisotopic (exact) mass is 430 g/mol. The number of aromatic nitrogens is 2. The van der Waals surface area contributed by atoms with Gasteiger partial charge in [0.1, 0.15) is 5.69 Å². The first-order chi connectivity index (χ1) is 15.5. The maximum atomic E-state index is 13.5. The molecule has 8 nitrogen and oxygen atoms in total. The minimum absolute atomic E-state index is 0.0579. The lowest BCUT2D eigenvalue weighted by Crippen LogP contribution is -2.38. The van der Waals surface area contributed by atoms with Crippen LogP contribution in [0.25, 0.3) is 11.3 Å². The minimum atomic E-state index is -0.677. The number of likely N-dealkylation sites (tertiary alicyclic amines) is 1. The highest BCUT2D eigenvalue weighted by atomic mass is 16.2. The Morgan fingerprint density at radius 3 is 2.41 bits per heavy atom. The van der Waals surface area contributed by atoms with Crippen molar-refractivity contribution in [2.45, 2.75) is 12.8 Å². The molecular weight excluding hydrogens is 404 g/mol. The Labute approximate surface area is 186 Å². The molecule has 0 aliphatic carbocycles. The van der Waals surface area contributed by atoms with E-state index in [0.717, 1.165) is 25.3 Å². The highest BCUT2D eigenvalue weighted by Gasteiger charge is 2.23. The molecule has 1 fully saturated rings. The molecule has 2 aromatic carbocycles. The largest absolute Gasteiger partial charge is 0.398 e. The molecule has 4 N–H and O–H groups in total. The lowest BCUT2D eigenvalue weighted by Gasteiger charge is -2.26. The van der Waals surface area contributed by atoms with E-state index in [1.54, 1.807) is 23.1 Å². The van der Waals surface area contributed by atoms with Crippen LogP contribution >= 0.6 is 0 Å². The van der Waals surface area contributed by atoms with Gasteiger partial charge in [-0.15, -0.1) is 0 Å². The first-order valence-corrected chi connectivity index (χ1v) is 10.6. The molecule has 32 heavy (non-hydrogen) atoms. The average Bonchev–Trinajstić information content (AvgIpc) is 3.33. The van der Waals surface area contributed by atoms with E-state index < -0.39 is 5.91 Å². The minimum Gasteiger partial charge on any atom is -0.398 e. The van der Waals surface area contributed by atoms with Crippen LogP contribution in [0, 0.1) is 0 Å². The fraction of sp³-hybridized carbons (Fsp3) is 0.250. The zero-order valence-electron chi connectivity index (χ0n) is 17.8. The number of primary amides is 1. The normalized spacial score (nSPS) is 13.8. The second-order valence-corrected chi connectivity index (χ2v) is 7.76. The molecule has 0 atom stereocenters. The lowest BCUT2D eigenvalue weighted by atomic mass is 10.0. The third kappa shape index (κ3) is 4.60. The number of carbonyl (C=O) groups is 2. The highest BCUT2D eigenvalue weighted by Crippen LogP contribution is 2.27. The van der Waals surface area contributed by atoms with E-state index in [1.165, 1.54) is 25.2 Å². The average molecular weight is 431 g/mol. The summed E-state index contributed by atoms with van der Waals surface area (Å²) in [6.45, 7) is 3.50. The lowest BCUT2D eigenvalue weighted by molar-refractivity contribution is 0.0980. The molecular formula is C24H26N6O2. The zero-order valence-corrected chi connectivity index (χ0v) is 17.8. The molecule has 0 saturated carbocycles. The number of anilines is 2. The van der Waals surface area contributed by atoms with Crippen molar-refractivity contribution >= 4 is 23.2 Å². The molecule has 164 valence electrons. The number of nitrogens with two attached hydrogens (primary N) is 2. The Bertz CT molecular complexity index is 1110. The second-order valence-electron chi connectivity index (χ2n) is 7.76. The van der Waals surface area contributed by atoms with Gasteiger partial charge in [0, 0.05) is 42.4 Å². The molecule has 2 amide bonds. The number of nitrogens with zero attached hydrogens (tertiary/aromatic N) is 4. The molecule has 0 unspecified atom stereocenters. The van der Waals surface area contributed by atoms with Gasteiger partial charge in [0.2, 0.25) is 0 Å². The summed E-state index contributed by atoms with van der Waals surface area (Å²) in [6.07, 6.45) is 5.28. The molecule has 0 spiro atoms. The topological polar surface area (TPSA) is 118 Å². The second kappa shape index (κ2) is 9.57. The Balaban J connectivity index is 1.63. The zero-order chi connectivity index (χ0) is 22.5. The fourth-order valence-corrected chi connectivity index (χ4v) is 3.98. The Hall–Kier alpha value is -3.78. The van der Waals surface area contributed by atoms with Crippen LogP contribution in [0.5, 0.6) is 0 Å². The van der Waals surface area contributed by atoms with Crippen LogP contribution in [-0.2, 0) is 0 Å². The Morgan fingerprint density at radius 2 is 1.72 bits per heavy atom. The summed E-state index contributed by atoms with van der Waals surface area (Å²) in [6, 6.07) is 14.6. The first kappa shape index (κ1) is 21.5. The fourth-order valence-electron chi connectivity index (χ4n) is 3.98. The van der Waals surface area contributed by atoms with E-state index in [1.807, 2.05) is 30.3 Å². The van der Waals surface area contributed by atoms with Gasteiger partial charge in [-0.1, -0.05) is 24.3 Å². The van der Waals surface area contributed by atoms with Gasteiger partial charge in [0.15, 0.2) is 5.69 Å². The highest BCUT2D eigenvalue weighted by molar-refractivity contribution is 6.10. The Kier molecular flexibility index (Phi) is 6.42. The molecule has 3 aromatic rings. The maximum Gasteiger partial charge on any atom is 0.269 e. The van der Waals surface area contributed by atoms with Crippen molar-refractivity contribution in [1.29, 1.82) is 0 Å². The summed E-state index contributed by atoms with van der Waals surface area (Å²) in [5.74, 6) is -0.849.